The number of nitrogens with zero attached hydrogens (tertiary/aromatic N) is 1. The highest BCUT2D eigenvalue weighted by Crippen LogP contribution is 2.23. The van der Waals surface area contributed by atoms with Crippen molar-refractivity contribution in [3.05, 3.63) is 0 Å². The van der Waals surface area contributed by atoms with E-state index in [1.807, 2.05) is 0 Å². The van der Waals surface area contributed by atoms with E-state index in [9.17, 15) is 0 Å². The molecule has 2 rings (SSSR count). The lowest BCUT2D eigenvalue weighted by atomic mass is 10.3. The first-order valence-electron chi connectivity index (χ1n) is 4.52. The van der Waals surface area contributed by atoms with Crippen molar-refractivity contribution in [2.45, 2.75) is 31.3 Å². The van der Waals surface area contributed by atoms with E-state index in [4.69, 9.17) is 10.5 Å². The molecule has 0 aromatic rings. The van der Waals surface area contributed by atoms with Crippen molar-refractivity contribution in [1.82, 2.24) is 5.32 Å². The summed E-state index contributed by atoms with van der Waals surface area (Å²) in [6, 6.07) is 0.882. The van der Waals surface area contributed by atoms with Crippen LogP contribution in [0.25, 0.3) is 0 Å². The number of rotatable bonds is 2. The van der Waals surface area contributed by atoms with Crippen LogP contribution in [-0.4, -0.2) is 31.3 Å². The van der Waals surface area contributed by atoms with Crippen molar-refractivity contribution < 1.29 is 4.74 Å². The Bertz CT molecular complexity index is 183. The minimum absolute atomic E-state index is 0.382. The van der Waals surface area contributed by atoms with Gasteiger partial charge in [-0.3, -0.25) is 4.99 Å². The molecule has 1 heterocycles. The zero-order valence-corrected chi connectivity index (χ0v) is 7.12. The van der Waals surface area contributed by atoms with E-state index < -0.39 is 0 Å². The van der Waals surface area contributed by atoms with Crippen molar-refractivity contribution >= 4 is 5.96 Å². The molecule has 1 atom stereocenters. The van der Waals surface area contributed by atoms with Crippen LogP contribution in [0.2, 0.25) is 0 Å². The lowest BCUT2D eigenvalue weighted by Gasteiger charge is -2.10. The summed E-state index contributed by atoms with van der Waals surface area (Å²) in [5.41, 5.74) is 5.68. The zero-order chi connectivity index (χ0) is 8.39. The second kappa shape index (κ2) is 3.31. The van der Waals surface area contributed by atoms with E-state index in [-0.39, 0.29) is 0 Å². The van der Waals surface area contributed by atoms with E-state index >= 15 is 0 Å². The van der Waals surface area contributed by atoms with Crippen LogP contribution in [0.15, 0.2) is 4.99 Å². The van der Waals surface area contributed by atoms with Crippen LogP contribution in [-0.2, 0) is 4.74 Å². The SMILES string of the molecule is NC(=NC1CC1)NC1CCOC1. The minimum atomic E-state index is 0.382. The van der Waals surface area contributed by atoms with Crippen LogP contribution >= 0.6 is 0 Å². The second-order valence-corrected chi connectivity index (χ2v) is 3.45. The Morgan fingerprint density at radius 3 is 2.83 bits per heavy atom. The topological polar surface area (TPSA) is 59.6 Å². The number of ether oxygens (including phenoxy) is 1. The summed E-state index contributed by atoms with van der Waals surface area (Å²) < 4.78 is 5.21. The first-order chi connectivity index (χ1) is 5.84. The molecule has 0 aromatic carbocycles. The fraction of sp³-hybridized carbons (Fsp3) is 0.875. The van der Waals surface area contributed by atoms with Gasteiger partial charge in [0.2, 0.25) is 0 Å². The third-order valence-corrected chi connectivity index (χ3v) is 2.15. The van der Waals surface area contributed by atoms with Crippen LogP contribution in [0.5, 0.6) is 0 Å². The van der Waals surface area contributed by atoms with E-state index in [1.54, 1.807) is 0 Å². The van der Waals surface area contributed by atoms with Crippen LogP contribution in [0, 0.1) is 0 Å². The van der Waals surface area contributed by atoms with Gasteiger partial charge in [-0.1, -0.05) is 0 Å². The second-order valence-electron chi connectivity index (χ2n) is 3.45. The summed E-state index contributed by atoms with van der Waals surface area (Å²) in [6.45, 7) is 1.61. The van der Waals surface area contributed by atoms with Gasteiger partial charge in [0.15, 0.2) is 5.96 Å². The molecule has 12 heavy (non-hydrogen) atoms. The predicted molar refractivity (Wildman–Crippen MR) is 47.0 cm³/mol. The van der Waals surface area contributed by atoms with Gasteiger partial charge < -0.3 is 15.8 Å². The fourth-order valence-corrected chi connectivity index (χ4v) is 1.30. The fourth-order valence-electron chi connectivity index (χ4n) is 1.30. The third kappa shape index (κ3) is 2.11. The standard InChI is InChI=1S/C8H15N3O/c9-8(10-6-1-2-6)11-7-3-4-12-5-7/h6-7H,1-5H2,(H3,9,10,11). The Hall–Kier alpha value is -0.770. The molecule has 0 spiro atoms. The van der Waals surface area contributed by atoms with E-state index in [1.165, 1.54) is 12.8 Å². The maximum atomic E-state index is 5.68. The summed E-state index contributed by atoms with van der Waals surface area (Å²) in [5, 5.41) is 3.15. The lowest BCUT2D eigenvalue weighted by Crippen LogP contribution is -2.40. The number of hydrogen-bond donors (Lipinski definition) is 2. The predicted octanol–water partition coefficient (Wildman–Crippen LogP) is -0.158. The molecule has 1 saturated carbocycles. The average molecular weight is 169 g/mol. The monoisotopic (exact) mass is 169 g/mol. The van der Waals surface area contributed by atoms with Gasteiger partial charge in [0.25, 0.3) is 0 Å². The van der Waals surface area contributed by atoms with Crippen molar-refractivity contribution in [3.63, 3.8) is 0 Å². The van der Waals surface area contributed by atoms with Gasteiger partial charge in [0, 0.05) is 6.61 Å². The normalized spacial score (nSPS) is 30.7. The van der Waals surface area contributed by atoms with Gasteiger partial charge in [-0.2, -0.15) is 0 Å². The lowest BCUT2D eigenvalue weighted by molar-refractivity contribution is 0.192. The molecule has 0 radical (unpaired) electrons. The molecule has 4 nitrogen and oxygen atoms in total. The summed E-state index contributed by atoms with van der Waals surface area (Å²) in [5.74, 6) is 0.591. The molecule has 0 aromatic heterocycles. The molecule has 1 unspecified atom stereocenters. The Kier molecular flexibility index (Phi) is 2.17. The van der Waals surface area contributed by atoms with Crippen molar-refractivity contribution in [3.8, 4) is 0 Å². The maximum Gasteiger partial charge on any atom is 0.189 e. The van der Waals surface area contributed by atoms with E-state index in [0.29, 0.717) is 18.0 Å². The van der Waals surface area contributed by atoms with Crippen molar-refractivity contribution in [2.75, 3.05) is 13.2 Å². The highest BCUT2D eigenvalue weighted by Gasteiger charge is 2.21. The van der Waals surface area contributed by atoms with Crippen LogP contribution in [0.4, 0.5) is 0 Å². The maximum absolute atomic E-state index is 5.68. The van der Waals surface area contributed by atoms with Gasteiger partial charge >= 0.3 is 0 Å². The highest BCUT2D eigenvalue weighted by molar-refractivity contribution is 5.78. The number of aliphatic imine (C=N–C) groups is 1. The number of nitrogens with two attached hydrogens (primary N) is 1. The Balaban J connectivity index is 1.76. The molecule has 0 amide bonds. The molecule has 0 bridgehead atoms. The first-order valence-corrected chi connectivity index (χ1v) is 4.52. The van der Waals surface area contributed by atoms with Gasteiger partial charge in [0.1, 0.15) is 0 Å². The van der Waals surface area contributed by atoms with Gasteiger partial charge in [0.05, 0.1) is 18.7 Å². The molecule has 1 aliphatic heterocycles. The van der Waals surface area contributed by atoms with Gasteiger partial charge in [-0.25, -0.2) is 0 Å². The minimum Gasteiger partial charge on any atom is -0.379 e. The third-order valence-electron chi connectivity index (χ3n) is 2.15. The van der Waals surface area contributed by atoms with Crippen LogP contribution < -0.4 is 11.1 Å². The number of hydrogen-bond acceptors (Lipinski definition) is 2. The van der Waals surface area contributed by atoms with Crippen molar-refractivity contribution in [2.24, 2.45) is 10.7 Å². The van der Waals surface area contributed by atoms with Crippen LogP contribution in [0.3, 0.4) is 0 Å². The summed E-state index contributed by atoms with van der Waals surface area (Å²) in [6.07, 6.45) is 3.44. The summed E-state index contributed by atoms with van der Waals surface area (Å²) in [7, 11) is 0. The molecule has 2 aliphatic rings. The molecular weight excluding hydrogens is 154 g/mol. The highest BCUT2D eigenvalue weighted by atomic mass is 16.5. The van der Waals surface area contributed by atoms with E-state index in [2.05, 4.69) is 10.3 Å². The molecule has 2 fully saturated rings. The largest absolute Gasteiger partial charge is 0.379 e. The Morgan fingerprint density at radius 1 is 1.42 bits per heavy atom. The molecule has 4 heteroatoms. The molecule has 1 aliphatic carbocycles. The summed E-state index contributed by atoms with van der Waals surface area (Å²) in [4.78, 5) is 4.28. The Morgan fingerprint density at radius 2 is 2.25 bits per heavy atom. The molecule has 3 N–H and O–H groups in total. The van der Waals surface area contributed by atoms with Gasteiger partial charge in [-0.15, -0.1) is 0 Å². The average Bonchev–Trinajstić information content (AvgIpc) is 2.66. The number of nitrogens with one attached hydrogen (secondary N) is 1. The molecular formula is C8H15N3O. The van der Waals surface area contributed by atoms with Crippen molar-refractivity contribution in [1.29, 1.82) is 0 Å². The molecule has 1 saturated heterocycles. The quantitative estimate of drug-likeness (QED) is 0.446. The van der Waals surface area contributed by atoms with Gasteiger partial charge in [-0.05, 0) is 19.3 Å². The molecule has 68 valence electrons. The van der Waals surface area contributed by atoms with Crippen LogP contribution in [0.1, 0.15) is 19.3 Å². The smallest absolute Gasteiger partial charge is 0.189 e. The summed E-state index contributed by atoms with van der Waals surface area (Å²) >= 11 is 0. The first kappa shape index (κ1) is 7.86. The van der Waals surface area contributed by atoms with E-state index in [0.717, 1.165) is 19.6 Å². The Labute approximate surface area is 72.2 Å². The zero-order valence-electron chi connectivity index (χ0n) is 7.12. The number of guanidine groups is 1.